The van der Waals surface area contributed by atoms with Gasteiger partial charge in [-0.1, -0.05) is 35.3 Å². The number of esters is 1. The van der Waals surface area contributed by atoms with Crippen LogP contribution >= 0.6 is 39.1 Å². The van der Waals surface area contributed by atoms with Crippen molar-refractivity contribution >= 4 is 62.8 Å². The molecule has 0 fully saturated rings. The SMILES string of the molecule is CC(=O)Oc1ccc(/C=C(\C#N)C(=O)Nc2cccc(Cl)c2Cl)cc1Br. The van der Waals surface area contributed by atoms with E-state index in [0.717, 1.165) is 0 Å². The number of ether oxygens (including phenoxy) is 1. The maximum atomic E-state index is 12.3. The van der Waals surface area contributed by atoms with Crippen molar-refractivity contribution in [2.75, 3.05) is 5.32 Å². The second-order valence-electron chi connectivity index (χ2n) is 5.01. The first kappa shape index (κ1) is 20.0. The Morgan fingerprint density at radius 2 is 2.00 bits per heavy atom. The van der Waals surface area contributed by atoms with Crippen molar-refractivity contribution in [1.29, 1.82) is 5.26 Å². The minimum Gasteiger partial charge on any atom is -0.426 e. The van der Waals surface area contributed by atoms with Crippen molar-refractivity contribution in [3.63, 3.8) is 0 Å². The molecule has 26 heavy (non-hydrogen) atoms. The first-order valence-corrected chi connectivity index (χ1v) is 8.72. The highest BCUT2D eigenvalue weighted by Gasteiger charge is 2.13. The number of nitrogens with one attached hydrogen (secondary N) is 1. The van der Waals surface area contributed by atoms with Crippen molar-refractivity contribution in [3.05, 3.63) is 62.1 Å². The Morgan fingerprint density at radius 1 is 1.27 bits per heavy atom. The Hall–Kier alpha value is -2.33. The molecule has 0 saturated heterocycles. The standard InChI is InChI=1S/C18H11BrCl2N2O3/c1-10(24)26-16-6-5-11(8-13(16)19)7-12(9-22)18(25)23-15-4-2-3-14(20)17(15)21/h2-8H,1H3,(H,23,25)/b12-7+. The highest BCUT2D eigenvalue weighted by Crippen LogP contribution is 2.30. The fraction of sp³-hybridized carbons (Fsp3) is 0.0556. The maximum absolute atomic E-state index is 12.3. The summed E-state index contributed by atoms with van der Waals surface area (Å²) in [5.41, 5.74) is 0.738. The van der Waals surface area contributed by atoms with Crippen LogP contribution in [0.1, 0.15) is 12.5 Å². The van der Waals surface area contributed by atoms with Gasteiger partial charge in [0.25, 0.3) is 5.91 Å². The summed E-state index contributed by atoms with van der Waals surface area (Å²) >= 11 is 15.2. The highest BCUT2D eigenvalue weighted by atomic mass is 79.9. The fourth-order valence-corrected chi connectivity index (χ4v) is 2.77. The zero-order valence-electron chi connectivity index (χ0n) is 13.3. The quantitative estimate of drug-likeness (QED) is 0.297. The van der Waals surface area contributed by atoms with Gasteiger partial charge in [-0.05, 0) is 51.8 Å². The van der Waals surface area contributed by atoms with E-state index in [2.05, 4.69) is 21.2 Å². The molecular weight excluding hydrogens is 443 g/mol. The summed E-state index contributed by atoms with van der Waals surface area (Å²) in [6.07, 6.45) is 1.40. The topological polar surface area (TPSA) is 79.2 Å². The van der Waals surface area contributed by atoms with E-state index in [1.807, 2.05) is 6.07 Å². The minimum atomic E-state index is -0.628. The molecule has 0 aliphatic carbocycles. The van der Waals surface area contributed by atoms with Crippen LogP contribution in [0.15, 0.2) is 46.4 Å². The molecular formula is C18H11BrCl2N2O3. The highest BCUT2D eigenvalue weighted by molar-refractivity contribution is 9.10. The molecule has 5 nitrogen and oxygen atoms in total. The summed E-state index contributed by atoms with van der Waals surface area (Å²) < 4.78 is 5.52. The van der Waals surface area contributed by atoms with Crippen LogP contribution in [0.4, 0.5) is 5.69 Å². The van der Waals surface area contributed by atoms with Crippen molar-refractivity contribution in [2.45, 2.75) is 6.92 Å². The molecule has 0 aromatic heterocycles. The molecule has 8 heteroatoms. The van der Waals surface area contributed by atoms with Gasteiger partial charge in [-0.25, -0.2) is 0 Å². The third-order valence-corrected chi connectivity index (χ3v) is 4.52. The average Bonchev–Trinajstić information content (AvgIpc) is 2.58. The summed E-state index contributed by atoms with van der Waals surface area (Å²) in [7, 11) is 0. The van der Waals surface area contributed by atoms with E-state index in [4.69, 9.17) is 27.9 Å². The van der Waals surface area contributed by atoms with E-state index in [1.165, 1.54) is 13.0 Å². The van der Waals surface area contributed by atoms with E-state index in [9.17, 15) is 14.9 Å². The molecule has 0 aliphatic heterocycles. The molecule has 2 aromatic rings. The van der Waals surface area contributed by atoms with Gasteiger partial charge in [0.1, 0.15) is 17.4 Å². The number of rotatable bonds is 4. The Bertz CT molecular complexity index is 952. The van der Waals surface area contributed by atoms with Gasteiger partial charge in [0.15, 0.2) is 0 Å². The lowest BCUT2D eigenvalue weighted by Gasteiger charge is -2.08. The van der Waals surface area contributed by atoms with Gasteiger partial charge in [-0.2, -0.15) is 5.26 Å². The lowest BCUT2D eigenvalue weighted by atomic mass is 10.1. The molecule has 0 saturated carbocycles. The third kappa shape index (κ3) is 5.09. The maximum Gasteiger partial charge on any atom is 0.308 e. The van der Waals surface area contributed by atoms with Crippen LogP contribution in [0.25, 0.3) is 6.08 Å². The van der Waals surface area contributed by atoms with Crippen LogP contribution in [0.2, 0.25) is 10.0 Å². The number of amides is 1. The van der Waals surface area contributed by atoms with Crippen LogP contribution in [0.5, 0.6) is 5.75 Å². The van der Waals surface area contributed by atoms with Crippen molar-refractivity contribution in [3.8, 4) is 11.8 Å². The first-order chi connectivity index (χ1) is 12.3. The Labute approximate surface area is 168 Å². The lowest BCUT2D eigenvalue weighted by molar-refractivity contribution is -0.131. The smallest absolute Gasteiger partial charge is 0.308 e. The second kappa shape index (κ2) is 8.86. The molecule has 2 aromatic carbocycles. The molecule has 0 radical (unpaired) electrons. The number of halogens is 3. The van der Waals surface area contributed by atoms with Crippen LogP contribution in [-0.4, -0.2) is 11.9 Å². The summed E-state index contributed by atoms with van der Waals surface area (Å²) in [5.74, 6) is -0.746. The van der Waals surface area contributed by atoms with Gasteiger partial charge in [-0.3, -0.25) is 9.59 Å². The Balaban J connectivity index is 2.26. The molecule has 1 amide bonds. The van der Waals surface area contributed by atoms with Crippen LogP contribution in [0.3, 0.4) is 0 Å². The monoisotopic (exact) mass is 452 g/mol. The summed E-state index contributed by atoms with van der Waals surface area (Å²) in [4.78, 5) is 23.3. The number of carbonyl (C=O) groups is 2. The predicted octanol–water partition coefficient (Wildman–Crippen LogP) is 5.23. The van der Waals surface area contributed by atoms with Crippen molar-refractivity contribution < 1.29 is 14.3 Å². The first-order valence-electron chi connectivity index (χ1n) is 7.17. The zero-order valence-corrected chi connectivity index (χ0v) is 16.4. The summed E-state index contributed by atoms with van der Waals surface area (Å²) in [5, 5.41) is 12.3. The molecule has 0 spiro atoms. The largest absolute Gasteiger partial charge is 0.426 e. The van der Waals surface area contributed by atoms with E-state index in [0.29, 0.717) is 21.5 Å². The number of nitriles is 1. The molecule has 0 atom stereocenters. The molecule has 0 aliphatic rings. The van der Waals surface area contributed by atoms with E-state index < -0.39 is 11.9 Å². The fourth-order valence-electron chi connectivity index (χ4n) is 1.95. The summed E-state index contributed by atoms with van der Waals surface area (Å²) in [6, 6.07) is 11.4. The van der Waals surface area contributed by atoms with Crippen LogP contribution in [0, 0.1) is 11.3 Å². The lowest BCUT2D eigenvalue weighted by Crippen LogP contribution is -2.13. The molecule has 0 heterocycles. The van der Waals surface area contributed by atoms with Gasteiger partial charge in [-0.15, -0.1) is 0 Å². The second-order valence-corrected chi connectivity index (χ2v) is 6.65. The van der Waals surface area contributed by atoms with E-state index >= 15 is 0 Å². The van der Waals surface area contributed by atoms with Gasteiger partial charge in [0, 0.05) is 6.92 Å². The van der Waals surface area contributed by atoms with Gasteiger partial charge >= 0.3 is 5.97 Å². The molecule has 0 bridgehead atoms. The van der Waals surface area contributed by atoms with Crippen LogP contribution < -0.4 is 10.1 Å². The van der Waals surface area contributed by atoms with Gasteiger partial charge < -0.3 is 10.1 Å². The van der Waals surface area contributed by atoms with Gasteiger partial charge in [0.05, 0.1) is 20.2 Å². The Kier molecular flexibility index (Phi) is 6.81. The average molecular weight is 454 g/mol. The van der Waals surface area contributed by atoms with E-state index in [-0.39, 0.29) is 15.6 Å². The van der Waals surface area contributed by atoms with Gasteiger partial charge in [0.2, 0.25) is 0 Å². The molecule has 132 valence electrons. The number of anilines is 1. The molecule has 1 N–H and O–H groups in total. The van der Waals surface area contributed by atoms with E-state index in [1.54, 1.807) is 36.4 Å². The summed E-state index contributed by atoms with van der Waals surface area (Å²) in [6.45, 7) is 1.29. The normalized spacial score (nSPS) is 10.8. The number of carbonyl (C=O) groups excluding carboxylic acids is 2. The number of hydrogen-bond donors (Lipinski definition) is 1. The Morgan fingerprint density at radius 3 is 2.62 bits per heavy atom. The third-order valence-electron chi connectivity index (χ3n) is 3.09. The number of nitrogens with zero attached hydrogens (tertiary/aromatic N) is 1. The zero-order chi connectivity index (χ0) is 19.3. The van der Waals surface area contributed by atoms with Crippen molar-refractivity contribution in [1.82, 2.24) is 0 Å². The predicted molar refractivity (Wildman–Crippen MR) is 104 cm³/mol. The molecule has 2 rings (SSSR count). The minimum absolute atomic E-state index is 0.131. The molecule has 0 unspecified atom stereocenters. The number of hydrogen-bond acceptors (Lipinski definition) is 4. The van der Waals surface area contributed by atoms with Crippen molar-refractivity contribution in [2.24, 2.45) is 0 Å². The number of benzene rings is 2. The van der Waals surface area contributed by atoms with Crippen LogP contribution in [-0.2, 0) is 9.59 Å².